The fraction of sp³-hybridized carbons (Fsp3) is 0.368. The molecule has 0 radical (unpaired) electrons. The molecule has 1 aliphatic rings. The number of benzene rings is 2. The zero-order chi connectivity index (χ0) is 18.0. The molecule has 2 aromatic rings. The molecule has 2 aromatic carbocycles. The van der Waals surface area contributed by atoms with Gasteiger partial charge in [-0.25, -0.2) is 8.42 Å². The summed E-state index contributed by atoms with van der Waals surface area (Å²) in [5, 5.41) is 0.757. The normalized spacial score (nSPS) is 16.9. The van der Waals surface area contributed by atoms with E-state index in [1.165, 1.54) is 0 Å². The van der Waals surface area contributed by atoms with E-state index in [0.717, 1.165) is 28.3 Å². The van der Waals surface area contributed by atoms with Crippen LogP contribution < -0.4 is 0 Å². The molecular formula is C19H23ClN2O2S. The summed E-state index contributed by atoms with van der Waals surface area (Å²) in [7, 11) is -3.43. The number of piperazine rings is 1. The van der Waals surface area contributed by atoms with Gasteiger partial charge in [-0.3, -0.25) is 4.90 Å². The first kappa shape index (κ1) is 18.4. The molecule has 0 atom stereocenters. The van der Waals surface area contributed by atoms with Gasteiger partial charge < -0.3 is 0 Å². The van der Waals surface area contributed by atoms with Crippen LogP contribution in [-0.4, -0.2) is 43.8 Å². The van der Waals surface area contributed by atoms with Crippen molar-refractivity contribution in [1.82, 2.24) is 9.21 Å². The quantitative estimate of drug-likeness (QED) is 0.818. The summed E-state index contributed by atoms with van der Waals surface area (Å²) in [5.74, 6) is 0. The van der Waals surface area contributed by atoms with E-state index < -0.39 is 10.0 Å². The molecule has 6 heteroatoms. The zero-order valence-corrected chi connectivity index (χ0v) is 16.1. The molecule has 134 valence electrons. The Balaban J connectivity index is 1.68. The smallest absolute Gasteiger partial charge is 0.243 e. The van der Waals surface area contributed by atoms with Gasteiger partial charge in [0, 0.05) is 37.7 Å². The molecule has 0 spiro atoms. The third-order valence-corrected chi connectivity index (χ3v) is 7.06. The van der Waals surface area contributed by atoms with Crippen LogP contribution in [0.3, 0.4) is 0 Å². The van der Waals surface area contributed by atoms with Gasteiger partial charge in [-0.2, -0.15) is 4.31 Å². The van der Waals surface area contributed by atoms with E-state index in [9.17, 15) is 8.42 Å². The molecule has 0 amide bonds. The Morgan fingerprint density at radius 2 is 1.68 bits per heavy atom. The molecule has 1 fully saturated rings. The molecule has 3 rings (SSSR count). The summed E-state index contributed by atoms with van der Waals surface area (Å²) in [5.41, 5.74) is 2.95. The average Bonchev–Trinajstić information content (AvgIpc) is 2.57. The average molecular weight is 379 g/mol. The second kappa shape index (κ2) is 7.46. The van der Waals surface area contributed by atoms with Crippen LogP contribution in [0.1, 0.15) is 16.7 Å². The lowest BCUT2D eigenvalue weighted by Crippen LogP contribution is -2.48. The first-order chi connectivity index (χ1) is 11.9. The summed E-state index contributed by atoms with van der Waals surface area (Å²) in [6.07, 6.45) is 0. The number of hydrogen-bond donors (Lipinski definition) is 0. The SMILES string of the molecule is Cc1ccc(S(=O)(=O)N2CCN(Cc3ccccc3Cl)CC2)c(C)c1. The Bertz CT molecular complexity index is 859. The van der Waals surface area contributed by atoms with E-state index in [4.69, 9.17) is 11.6 Å². The van der Waals surface area contributed by atoms with Crippen molar-refractivity contribution in [1.29, 1.82) is 0 Å². The van der Waals surface area contributed by atoms with Gasteiger partial charge in [-0.05, 0) is 37.1 Å². The van der Waals surface area contributed by atoms with Crippen molar-refractivity contribution in [3.8, 4) is 0 Å². The van der Waals surface area contributed by atoms with Crippen molar-refractivity contribution in [3.63, 3.8) is 0 Å². The molecule has 0 unspecified atom stereocenters. The second-order valence-corrected chi connectivity index (χ2v) is 8.85. The van der Waals surface area contributed by atoms with Crippen molar-refractivity contribution in [2.45, 2.75) is 25.3 Å². The predicted octanol–water partition coefficient (Wildman–Crippen LogP) is 3.46. The topological polar surface area (TPSA) is 40.6 Å². The first-order valence-electron chi connectivity index (χ1n) is 8.41. The van der Waals surface area contributed by atoms with Gasteiger partial charge in [0.25, 0.3) is 0 Å². The van der Waals surface area contributed by atoms with E-state index in [-0.39, 0.29) is 0 Å². The predicted molar refractivity (Wildman–Crippen MR) is 101 cm³/mol. The minimum absolute atomic E-state index is 0.414. The number of halogens is 1. The van der Waals surface area contributed by atoms with Gasteiger partial charge in [0.15, 0.2) is 0 Å². The van der Waals surface area contributed by atoms with E-state index in [1.807, 2.05) is 50.2 Å². The molecule has 0 saturated carbocycles. The minimum atomic E-state index is -3.43. The molecular weight excluding hydrogens is 356 g/mol. The highest BCUT2D eigenvalue weighted by Gasteiger charge is 2.29. The first-order valence-corrected chi connectivity index (χ1v) is 10.2. The van der Waals surface area contributed by atoms with Crippen molar-refractivity contribution in [2.24, 2.45) is 0 Å². The van der Waals surface area contributed by atoms with E-state index in [2.05, 4.69) is 4.90 Å². The monoisotopic (exact) mass is 378 g/mol. The minimum Gasteiger partial charge on any atom is -0.296 e. The summed E-state index contributed by atoms with van der Waals surface area (Å²) in [6, 6.07) is 13.3. The lowest BCUT2D eigenvalue weighted by Gasteiger charge is -2.34. The van der Waals surface area contributed by atoms with Crippen LogP contribution in [0.15, 0.2) is 47.4 Å². The standard InChI is InChI=1S/C19H23ClN2O2S/c1-15-7-8-19(16(2)13-15)25(23,24)22-11-9-21(10-12-22)14-17-5-3-4-6-18(17)20/h3-8,13H,9-12,14H2,1-2H3. The third-order valence-electron chi connectivity index (χ3n) is 4.63. The van der Waals surface area contributed by atoms with Crippen LogP contribution in [0.25, 0.3) is 0 Å². The lowest BCUT2D eigenvalue weighted by molar-refractivity contribution is 0.181. The summed E-state index contributed by atoms with van der Waals surface area (Å²) in [4.78, 5) is 2.66. The van der Waals surface area contributed by atoms with Crippen LogP contribution in [0.2, 0.25) is 5.02 Å². The highest BCUT2D eigenvalue weighted by atomic mass is 35.5. The maximum absolute atomic E-state index is 12.9. The van der Waals surface area contributed by atoms with Crippen LogP contribution in [-0.2, 0) is 16.6 Å². The van der Waals surface area contributed by atoms with Gasteiger partial charge in [0.1, 0.15) is 0 Å². The van der Waals surface area contributed by atoms with Gasteiger partial charge in [0.2, 0.25) is 10.0 Å². The molecule has 1 aliphatic heterocycles. The molecule has 1 heterocycles. The second-order valence-electron chi connectivity index (χ2n) is 6.54. The summed E-state index contributed by atoms with van der Waals surface area (Å²) < 4.78 is 27.4. The number of aryl methyl sites for hydroxylation is 2. The maximum atomic E-state index is 12.9. The van der Waals surface area contributed by atoms with Gasteiger partial charge in [-0.1, -0.05) is 47.5 Å². The fourth-order valence-corrected chi connectivity index (χ4v) is 5.05. The van der Waals surface area contributed by atoms with Gasteiger partial charge in [-0.15, -0.1) is 0 Å². The van der Waals surface area contributed by atoms with Gasteiger partial charge in [0.05, 0.1) is 4.90 Å². The maximum Gasteiger partial charge on any atom is 0.243 e. The Kier molecular flexibility index (Phi) is 5.49. The fourth-order valence-electron chi connectivity index (χ4n) is 3.22. The Morgan fingerprint density at radius 3 is 2.32 bits per heavy atom. The third kappa shape index (κ3) is 4.06. The van der Waals surface area contributed by atoms with Crippen LogP contribution >= 0.6 is 11.6 Å². The molecule has 0 bridgehead atoms. The van der Waals surface area contributed by atoms with Crippen molar-refractivity contribution in [2.75, 3.05) is 26.2 Å². The molecule has 25 heavy (non-hydrogen) atoms. The zero-order valence-electron chi connectivity index (χ0n) is 14.6. The van der Waals surface area contributed by atoms with Crippen molar-refractivity contribution in [3.05, 3.63) is 64.2 Å². The number of nitrogens with zero attached hydrogens (tertiary/aromatic N) is 2. The van der Waals surface area contributed by atoms with Gasteiger partial charge >= 0.3 is 0 Å². The van der Waals surface area contributed by atoms with Crippen molar-refractivity contribution >= 4 is 21.6 Å². The van der Waals surface area contributed by atoms with Crippen molar-refractivity contribution < 1.29 is 8.42 Å². The van der Waals surface area contributed by atoms with Crippen LogP contribution in [0, 0.1) is 13.8 Å². The van der Waals surface area contributed by atoms with Crippen LogP contribution in [0.5, 0.6) is 0 Å². The summed E-state index contributed by atoms with van der Waals surface area (Å²) in [6.45, 7) is 6.98. The van der Waals surface area contributed by atoms with E-state index in [1.54, 1.807) is 10.4 Å². The number of sulfonamides is 1. The Morgan fingerprint density at radius 1 is 1.00 bits per heavy atom. The summed E-state index contributed by atoms with van der Waals surface area (Å²) >= 11 is 6.22. The number of rotatable bonds is 4. The molecule has 0 aliphatic carbocycles. The highest BCUT2D eigenvalue weighted by molar-refractivity contribution is 7.89. The Hall–Kier alpha value is -1.40. The van der Waals surface area contributed by atoms with E-state index in [0.29, 0.717) is 31.1 Å². The molecule has 0 N–H and O–H groups in total. The lowest BCUT2D eigenvalue weighted by atomic mass is 10.2. The molecule has 0 aromatic heterocycles. The molecule has 1 saturated heterocycles. The molecule has 4 nitrogen and oxygen atoms in total. The highest BCUT2D eigenvalue weighted by Crippen LogP contribution is 2.23. The van der Waals surface area contributed by atoms with Crippen LogP contribution in [0.4, 0.5) is 0 Å². The Labute approximate surface area is 155 Å². The number of hydrogen-bond acceptors (Lipinski definition) is 3. The largest absolute Gasteiger partial charge is 0.296 e. The van der Waals surface area contributed by atoms with E-state index >= 15 is 0 Å².